The third kappa shape index (κ3) is 9.00. The second-order valence-corrected chi connectivity index (χ2v) is 22.8. The molecule has 75 heavy (non-hydrogen) atoms. The van der Waals surface area contributed by atoms with Crippen LogP contribution >= 0.6 is 22.7 Å². The molecule has 1 N–H and O–H groups in total. The predicted octanol–water partition coefficient (Wildman–Crippen LogP) is 18.8. The number of hydrazone groups is 1. The van der Waals surface area contributed by atoms with Crippen molar-refractivity contribution < 1.29 is 14.7 Å². The Balaban J connectivity index is 0.975. The van der Waals surface area contributed by atoms with Gasteiger partial charge in [0.05, 0.1) is 11.3 Å². The number of hydrogen-bond acceptors (Lipinski definition) is 6. The molecule has 0 saturated carbocycles. The van der Waals surface area contributed by atoms with Gasteiger partial charge in [-0.1, -0.05) is 170 Å². The van der Waals surface area contributed by atoms with E-state index in [4.69, 9.17) is 0 Å². The van der Waals surface area contributed by atoms with Gasteiger partial charge in [0, 0.05) is 47.4 Å². The Morgan fingerprint density at radius 1 is 0.533 bits per heavy atom. The first kappa shape index (κ1) is 50.0. The highest BCUT2D eigenvalue weighted by atomic mass is 32.1. The lowest BCUT2D eigenvalue weighted by atomic mass is 9.70. The summed E-state index contributed by atoms with van der Waals surface area (Å²) in [6, 6.07) is 59.5. The average Bonchev–Trinajstić information content (AvgIpc) is 4.33. The lowest BCUT2D eigenvalue weighted by molar-refractivity contribution is -0.129. The molecule has 6 nitrogen and oxygen atoms in total. The number of nitrogens with zero attached hydrogens (tertiary/aromatic N) is 3. The fourth-order valence-corrected chi connectivity index (χ4v) is 14.5. The van der Waals surface area contributed by atoms with Gasteiger partial charge in [0.1, 0.15) is 0 Å². The SMILES string of the molecule is CCCCC1(CCCC)c2ccccc2-c2ccc(N(c3ccc(-c4ccc(-c5ccc(/C=C6\C(=O)N(c7ccccc7)N=C6C(=O)O)s5)s4)cc3)c3ccc4c(c3)C(CCCC)(CCCC)c3ccccc3-4)cc21. The summed E-state index contributed by atoms with van der Waals surface area (Å²) in [6.07, 6.45) is 15.6. The van der Waals surface area contributed by atoms with Gasteiger partial charge < -0.3 is 10.0 Å². The zero-order valence-corrected chi connectivity index (χ0v) is 45.2. The number of carboxylic acids is 1. The van der Waals surface area contributed by atoms with Crippen molar-refractivity contribution in [1.82, 2.24) is 0 Å². The lowest BCUT2D eigenvalue weighted by Crippen LogP contribution is -2.26. The van der Waals surface area contributed by atoms with Crippen LogP contribution in [0.1, 0.15) is 132 Å². The van der Waals surface area contributed by atoms with Crippen LogP contribution in [0.5, 0.6) is 0 Å². The molecule has 11 rings (SSSR count). The minimum Gasteiger partial charge on any atom is -0.476 e. The van der Waals surface area contributed by atoms with Gasteiger partial charge in [0.15, 0.2) is 5.71 Å². The third-order valence-electron chi connectivity index (χ3n) is 16.1. The second kappa shape index (κ2) is 21.2. The maximum absolute atomic E-state index is 13.5. The van der Waals surface area contributed by atoms with Crippen molar-refractivity contribution in [2.24, 2.45) is 5.10 Å². The largest absolute Gasteiger partial charge is 0.476 e. The molecule has 6 aromatic carbocycles. The molecule has 2 aliphatic carbocycles. The van der Waals surface area contributed by atoms with Gasteiger partial charge in [-0.25, -0.2) is 4.79 Å². The van der Waals surface area contributed by atoms with E-state index in [2.05, 4.69) is 159 Å². The molecule has 8 aromatic rings. The standard InChI is InChI=1S/C67H65N3O3S2/c1-5-9-38-66(39-10-6-2)56-24-18-16-22-51(56)53-33-30-48(42-58(53)66)69(49-31-34-54-52-23-17-19-25-57(52)67(40-11-7-3,41-12-8-4)59(54)43-49)46-28-26-45(27-29-46)60-36-37-62(75-60)61-35-32-50(74-61)44-55-63(65(72)73)68-70(64(55)71)47-20-14-13-15-21-47/h13-37,42-44H,5-12,38-41H2,1-4H3,(H,72,73)/b55-44-. The number of carbonyl (C=O) groups excluding carboxylic acids is 1. The number of unbranched alkanes of at least 4 members (excludes halogenated alkanes) is 4. The monoisotopic (exact) mass is 1020 g/mol. The first-order valence-corrected chi connectivity index (χ1v) is 28.9. The summed E-state index contributed by atoms with van der Waals surface area (Å²) in [7, 11) is 0. The highest BCUT2D eigenvalue weighted by Gasteiger charge is 2.44. The van der Waals surface area contributed by atoms with Crippen LogP contribution in [0.15, 0.2) is 174 Å². The smallest absolute Gasteiger partial charge is 0.357 e. The minimum atomic E-state index is -1.24. The first-order valence-electron chi connectivity index (χ1n) is 27.2. The van der Waals surface area contributed by atoms with Gasteiger partial charge in [-0.15, -0.1) is 22.7 Å². The van der Waals surface area contributed by atoms with Gasteiger partial charge in [-0.2, -0.15) is 10.1 Å². The van der Waals surface area contributed by atoms with Gasteiger partial charge in [-0.3, -0.25) is 4.79 Å². The Labute approximate surface area is 450 Å². The Kier molecular flexibility index (Phi) is 14.2. The number of thiophene rings is 2. The van der Waals surface area contributed by atoms with Crippen LogP contribution in [-0.4, -0.2) is 22.7 Å². The minimum absolute atomic E-state index is 0.0389. The zero-order chi connectivity index (χ0) is 51.7. The number of amides is 1. The van der Waals surface area contributed by atoms with Crippen molar-refractivity contribution in [3.8, 4) is 42.4 Å². The summed E-state index contributed by atoms with van der Waals surface area (Å²) < 4.78 is 0. The Morgan fingerprint density at radius 2 is 1.00 bits per heavy atom. The molecule has 1 aliphatic heterocycles. The maximum Gasteiger partial charge on any atom is 0.357 e. The number of anilines is 4. The summed E-state index contributed by atoms with van der Waals surface area (Å²) in [5.41, 5.74) is 16.3. The summed E-state index contributed by atoms with van der Waals surface area (Å²) in [4.78, 5) is 32.4. The number of para-hydroxylation sites is 1. The summed E-state index contributed by atoms with van der Waals surface area (Å²) in [5, 5.41) is 15.4. The topological polar surface area (TPSA) is 73.2 Å². The van der Waals surface area contributed by atoms with Gasteiger partial charge in [0.25, 0.3) is 5.91 Å². The van der Waals surface area contributed by atoms with E-state index in [0.717, 1.165) is 61.5 Å². The Hall–Kier alpha value is -7.13. The fourth-order valence-electron chi connectivity index (χ4n) is 12.4. The van der Waals surface area contributed by atoms with E-state index in [0.29, 0.717) is 5.69 Å². The number of hydrogen-bond donors (Lipinski definition) is 1. The van der Waals surface area contributed by atoms with Crippen molar-refractivity contribution in [3.63, 3.8) is 0 Å². The van der Waals surface area contributed by atoms with E-state index in [1.165, 1.54) is 119 Å². The van der Waals surface area contributed by atoms with Crippen LogP contribution < -0.4 is 9.91 Å². The molecule has 0 saturated heterocycles. The number of benzene rings is 6. The third-order valence-corrected chi connectivity index (χ3v) is 18.5. The normalized spacial score (nSPS) is 15.2. The summed E-state index contributed by atoms with van der Waals surface area (Å²) in [6.45, 7) is 9.31. The molecule has 378 valence electrons. The Morgan fingerprint density at radius 3 is 1.53 bits per heavy atom. The first-order chi connectivity index (χ1) is 36.7. The number of fused-ring (bicyclic) bond motifs is 6. The highest BCUT2D eigenvalue weighted by Crippen LogP contribution is 2.58. The van der Waals surface area contributed by atoms with Gasteiger partial charge in [-0.05, 0) is 155 Å². The van der Waals surface area contributed by atoms with Crippen molar-refractivity contribution in [1.29, 1.82) is 0 Å². The van der Waals surface area contributed by atoms with Crippen molar-refractivity contribution >= 4 is 69.1 Å². The average molecular weight is 1020 g/mol. The molecular weight excluding hydrogens is 959 g/mol. The predicted molar refractivity (Wildman–Crippen MR) is 315 cm³/mol. The molecular formula is C67H65N3O3S2. The lowest BCUT2D eigenvalue weighted by Gasteiger charge is -2.35. The Bertz CT molecular complexity index is 3340. The molecule has 2 aromatic heterocycles. The highest BCUT2D eigenvalue weighted by molar-refractivity contribution is 7.24. The maximum atomic E-state index is 13.5. The molecule has 0 atom stereocenters. The summed E-state index contributed by atoms with van der Waals surface area (Å²) >= 11 is 3.26. The van der Waals surface area contributed by atoms with Gasteiger partial charge in [0.2, 0.25) is 0 Å². The molecule has 1 amide bonds. The van der Waals surface area contributed by atoms with Crippen molar-refractivity contribution in [2.75, 3.05) is 9.91 Å². The van der Waals surface area contributed by atoms with E-state index in [1.54, 1.807) is 41.7 Å². The molecule has 0 spiro atoms. The number of rotatable bonds is 20. The van der Waals surface area contributed by atoms with E-state index in [1.807, 2.05) is 18.2 Å². The number of aliphatic carboxylic acids is 1. The molecule has 3 aliphatic rings. The molecule has 0 bridgehead atoms. The molecule has 3 heterocycles. The fraction of sp³-hybridized carbons (Fsp3) is 0.269. The van der Waals surface area contributed by atoms with Crippen molar-refractivity contribution in [2.45, 2.75) is 116 Å². The van der Waals surface area contributed by atoms with Crippen LogP contribution in [0.3, 0.4) is 0 Å². The zero-order valence-electron chi connectivity index (χ0n) is 43.6. The molecule has 0 unspecified atom stereocenters. The van der Waals surface area contributed by atoms with E-state index < -0.39 is 11.9 Å². The van der Waals surface area contributed by atoms with E-state index in [9.17, 15) is 14.7 Å². The van der Waals surface area contributed by atoms with Crippen LogP contribution in [0.2, 0.25) is 0 Å². The molecule has 0 radical (unpaired) electrons. The molecule has 8 heteroatoms. The van der Waals surface area contributed by atoms with Gasteiger partial charge >= 0.3 is 5.97 Å². The summed E-state index contributed by atoms with van der Waals surface area (Å²) in [5.74, 6) is -1.70. The van der Waals surface area contributed by atoms with Crippen LogP contribution in [0, 0.1) is 0 Å². The number of carbonyl (C=O) groups is 2. The van der Waals surface area contributed by atoms with Crippen LogP contribution in [0.25, 0.3) is 48.5 Å². The number of carboxylic acid groups (broad SMARTS) is 1. The quantitative estimate of drug-likeness (QED) is 0.0772. The molecule has 0 fully saturated rings. The van der Waals surface area contributed by atoms with Crippen molar-refractivity contribution in [3.05, 3.63) is 196 Å². The second-order valence-electron chi connectivity index (χ2n) is 20.6. The van der Waals surface area contributed by atoms with E-state index in [-0.39, 0.29) is 22.1 Å². The van der Waals surface area contributed by atoms with Crippen LogP contribution in [-0.2, 0) is 20.4 Å². The van der Waals surface area contributed by atoms with E-state index >= 15 is 0 Å². The van der Waals surface area contributed by atoms with Crippen LogP contribution in [0.4, 0.5) is 22.7 Å².